The maximum absolute atomic E-state index is 12.0. The van der Waals surface area contributed by atoms with Crippen LogP contribution in [0, 0.1) is 19.8 Å². The lowest BCUT2D eigenvalue weighted by molar-refractivity contribution is -0.121. The van der Waals surface area contributed by atoms with E-state index in [1.807, 2.05) is 32.0 Å². The molecule has 1 fully saturated rings. The molecule has 0 aliphatic heterocycles. The third kappa shape index (κ3) is 2.64. The van der Waals surface area contributed by atoms with Crippen LogP contribution in [0.2, 0.25) is 0 Å². The van der Waals surface area contributed by atoms with E-state index in [0.29, 0.717) is 5.95 Å². The third-order valence-electron chi connectivity index (χ3n) is 3.32. The number of carbonyl (C=O) groups is 1. The lowest BCUT2D eigenvalue weighted by Crippen LogP contribution is -2.32. The summed E-state index contributed by atoms with van der Waals surface area (Å²) in [6.45, 7) is 3.77. The lowest BCUT2D eigenvalue weighted by atomic mass is 10.2. The molecule has 2 aromatic heterocycles. The number of nitrogens with zero attached hydrogens (tertiary/aromatic N) is 2. The van der Waals surface area contributed by atoms with Gasteiger partial charge in [0, 0.05) is 17.3 Å². The molecule has 0 bridgehead atoms. The first-order valence-corrected chi connectivity index (χ1v) is 6.55. The number of aromatic nitrogens is 2. The van der Waals surface area contributed by atoms with Crippen LogP contribution in [0.3, 0.4) is 0 Å². The Labute approximate surface area is 116 Å². The minimum absolute atomic E-state index is 0.0421. The standard InChI is InChI=1S/C14H16N4O2/c1-8-6-9(2)16-14(15-8)18-17-13(19)11-7-10(11)12-4-3-5-20-12/h3-6,10-11H,7H2,1-2H3,(H,17,19)(H,15,16,18)/t10-,11+/m1/s1. The summed E-state index contributed by atoms with van der Waals surface area (Å²) in [7, 11) is 0. The molecule has 2 N–H and O–H groups in total. The highest BCUT2D eigenvalue weighted by Crippen LogP contribution is 2.47. The molecule has 2 heterocycles. The fourth-order valence-corrected chi connectivity index (χ4v) is 2.29. The van der Waals surface area contributed by atoms with E-state index in [4.69, 9.17) is 4.42 Å². The number of aryl methyl sites for hydroxylation is 2. The number of furan rings is 1. The molecule has 2 atom stereocenters. The van der Waals surface area contributed by atoms with Crippen molar-refractivity contribution in [3.05, 3.63) is 41.6 Å². The minimum atomic E-state index is -0.0610. The Bertz CT molecular complexity index is 604. The number of rotatable bonds is 4. The van der Waals surface area contributed by atoms with Crippen molar-refractivity contribution < 1.29 is 9.21 Å². The smallest absolute Gasteiger partial charge is 0.242 e. The van der Waals surface area contributed by atoms with E-state index >= 15 is 0 Å². The van der Waals surface area contributed by atoms with Gasteiger partial charge in [-0.05, 0) is 38.5 Å². The number of hydrazine groups is 1. The molecule has 104 valence electrons. The van der Waals surface area contributed by atoms with Crippen LogP contribution in [0.15, 0.2) is 28.9 Å². The maximum atomic E-state index is 12.0. The van der Waals surface area contributed by atoms with E-state index in [1.165, 1.54) is 0 Å². The van der Waals surface area contributed by atoms with Crippen LogP contribution < -0.4 is 10.9 Å². The van der Waals surface area contributed by atoms with Crippen LogP contribution in [0.25, 0.3) is 0 Å². The Morgan fingerprint density at radius 3 is 2.75 bits per heavy atom. The van der Waals surface area contributed by atoms with Gasteiger partial charge >= 0.3 is 0 Å². The summed E-state index contributed by atoms with van der Waals surface area (Å²) >= 11 is 0. The molecule has 0 saturated heterocycles. The molecule has 0 unspecified atom stereocenters. The number of nitrogens with one attached hydrogen (secondary N) is 2. The highest BCUT2D eigenvalue weighted by molar-refractivity contribution is 5.83. The molecule has 20 heavy (non-hydrogen) atoms. The highest BCUT2D eigenvalue weighted by Gasteiger charge is 2.45. The summed E-state index contributed by atoms with van der Waals surface area (Å²) in [6.07, 6.45) is 2.44. The van der Waals surface area contributed by atoms with E-state index < -0.39 is 0 Å². The van der Waals surface area contributed by atoms with Crippen molar-refractivity contribution in [1.29, 1.82) is 0 Å². The average Bonchev–Trinajstić information content (AvgIpc) is 3.01. The van der Waals surface area contributed by atoms with Gasteiger partial charge in [0.05, 0.1) is 12.2 Å². The highest BCUT2D eigenvalue weighted by atomic mass is 16.3. The molecule has 6 heteroatoms. The van der Waals surface area contributed by atoms with Gasteiger partial charge in [-0.2, -0.15) is 0 Å². The van der Waals surface area contributed by atoms with Crippen LogP contribution in [-0.2, 0) is 4.79 Å². The van der Waals surface area contributed by atoms with Gasteiger partial charge in [0.15, 0.2) is 0 Å². The Kier molecular flexibility index (Phi) is 3.14. The number of hydrogen-bond donors (Lipinski definition) is 2. The summed E-state index contributed by atoms with van der Waals surface area (Å²) in [6, 6.07) is 5.61. The van der Waals surface area contributed by atoms with Crippen LogP contribution in [0.5, 0.6) is 0 Å². The van der Waals surface area contributed by atoms with Crippen LogP contribution in [0.4, 0.5) is 5.95 Å². The Hall–Kier alpha value is -2.37. The summed E-state index contributed by atoms with van der Waals surface area (Å²) in [5, 5.41) is 0. The number of anilines is 1. The fourth-order valence-electron chi connectivity index (χ4n) is 2.29. The topological polar surface area (TPSA) is 80.0 Å². The molecule has 0 spiro atoms. The first-order valence-electron chi connectivity index (χ1n) is 6.55. The van der Waals surface area contributed by atoms with E-state index in [1.54, 1.807) is 6.26 Å². The molecule has 0 radical (unpaired) electrons. The predicted octanol–water partition coefficient (Wildman–Crippen LogP) is 1.93. The van der Waals surface area contributed by atoms with Gasteiger partial charge in [0.25, 0.3) is 0 Å². The Balaban J connectivity index is 1.55. The van der Waals surface area contributed by atoms with E-state index in [0.717, 1.165) is 23.6 Å². The van der Waals surface area contributed by atoms with Crippen molar-refractivity contribution in [2.45, 2.75) is 26.2 Å². The van der Waals surface area contributed by atoms with Crippen LogP contribution in [0.1, 0.15) is 29.5 Å². The van der Waals surface area contributed by atoms with Crippen molar-refractivity contribution in [2.75, 3.05) is 5.43 Å². The summed E-state index contributed by atoms with van der Waals surface area (Å²) in [4.78, 5) is 20.4. The molecule has 0 aromatic carbocycles. The average molecular weight is 272 g/mol. The fraction of sp³-hybridized carbons (Fsp3) is 0.357. The van der Waals surface area contributed by atoms with Crippen LogP contribution >= 0.6 is 0 Å². The van der Waals surface area contributed by atoms with Crippen molar-refractivity contribution >= 4 is 11.9 Å². The molecule has 1 saturated carbocycles. The van der Waals surface area contributed by atoms with Gasteiger partial charge in [-0.1, -0.05) is 0 Å². The zero-order valence-electron chi connectivity index (χ0n) is 11.4. The Morgan fingerprint density at radius 2 is 2.10 bits per heavy atom. The monoisotopic (exact) mass is 272 g/mol. The van der Waals surface area contributed by atoms with Crippen molar-refractivity contribution in [3.63, 3.8) is 0 Å². The molecule has 3 rings (SSSR count). The largest absolute Gasteiger partial charge is 0.469 e. The molecule has 6 nitrogen and oxygen atoms in total. The maximum Gasteiger partial charge on any atom is 0.242 e. The first kappa shape index (κ1) is 12.7. The van der Waals surface area contributed by atoms with Gasteiger partial charge in [-0.3, -0.25) is 15.6 Å². The van der Waals surface area contributed by atoms with Crippen molar-refractivity contribution in [3.8, 4) is 0 Å². The minimum Gasteiger partial charge on any atom is -0.469 e. The zero-order valence-corrected chi connectivity index (χ0v) is 11.4. The number of hydrogen-bond acceptors (Lipinski definition) is 5. The predicted molar refractivity (Wildman–Crippen MR) is 72.8 cm³/mol. The van der Waals surface area contributed by atoms with E-state index in [-0.39, 0.29) is 17.7 Å². The molecule has 1 amide bonds. The number of amides is 1. The van der Waals surface area contributed by atoms with Gasteiger partial charge in [0.2, 0.25) is 11.9 Å². The summed E-state index contributed by atoms with van der Waals surface area (Å²) in [5.74, 6) is 1.36. The SMILES string of the molecule is Cc1cc(C)nc(NNC(=O)[C@H]2C[C@H]2c2ccco2)n1. The van der Waals surface area contributed by atoms with Crippen LogP contribution in [-0.4, -0.2) is 15.9 Å². The second kappa shape index (κ2) is 4.96. The lowest BCUT2D eigenvalue weighted by Gasteiger charge is -2.07. The van der Waals surface area contributed by atoms with Gasteiger partial charge in [0.1, 0.15) is 5.76 Å². The Morgan fingerprint density at radius 1 is 1.35 bits per heavy atom. The second-order valence-corrected chi connectivity index (χ2v) is 5.05. The summed E-state index contributed by atoms with van der Waals surface area (Å²) < 4.78 is 5.31. The molecule has 1 aliphatic carbocycles. The molecular weight excluding hydrogens is 256 g/mol. The van der Waals surface area contributed by atoms with Gasteiger partial charge in [-0.25, -0.2) is 9.97 Å². The second-order valence-electron chi connectivity index (χ2n) is 5.05. The van der Waals surface area contributed by atoms with Crippen molar-refractivity contribution in [1.82, 2.24) is 15.4 Å². The van der Waals surface area contributed by atoms with E-state index in [9.17, 15) is 4.79 Å². The van der Waals surface area contributed by atoms with Gasteiger partial charge < -0.3 is 4.42 Å². The van der Waals surface area contributed by atoms with Gasteiger partial charge in [-0.15, -0.1) is 0 Å². The first-order chi connectivity index (χ1) is 9.63. The third-order valence-corrected chi connectivity index (χ3v) is 3.32. The quantitative estimate of drug-likeness (QED) is 0.831. The van der Waals surface area contributed by atoms with Crippen molar-refractivity contribution in [2.24, 2.45) is 5.92 Å². The number of carbonyl (C=O) groups excluding carboxylic acids is 1. The summed E-state index contributed by atoms with van der Waals surface area (Å²) in [5.41, 5.74) is 7.12. The van der Waals surface area contributed by atoms with E-state index in [2.05, 4.69) is 20.8 Å². The zero-order chi connectivity index (χ0) is 14.1. The molecule has 2 aromatic rings. The molecular formula is C14H16N4O2. The molecule has 1 aliphatic rings. The normalized spacial score (nSPS) is 20.5.